The maximum Gasteiger partial charge on any atom is 0.301 e. The lowest BCUT2D eigenvalue weighted by Gasteiger charge is -2.22. The zero-order valence-electron chi connectivity index (χ0n) is 19.7. The van der Waals surface area contributed by atoms with E-state index < -0.39 is 17.7 Å². The molecular weight excluding hydrogens is 478 g/mol. The third kappa shape index (κ3) is 4.18. The molecule has 182 valence electrons. The molecule has 0 radical (unpaired) electrons. The molecule has 1 unspecified atom stereocenters. The lowest BCUT2D eigenvalue weighted by Crippen LogP contribution is -2.29. The van der Waals surface area contributed by atoms with Gasteiger partial charge in [-0.05, 0) is 48.4 Å². The van der Waals surface area contributed by atoms with Crippen LogP contribution in [0.1, 0.15) is 30.5 Å². The number of ether oxygens (including phenoxy) is 2. The lowest BCUT2D eigenvalue weighted by molar-refractivity contribution is -0.132. The molecule has 0 bridgehead atoms. The van der Waals surface area contributed by atoms with Crippen LogP contribution in [0.25, 0.3) is 16.0 Å². The number of pyridine rings is 1. The van der Waals surface area contributed by atoms with Gasteiger partial charge in [0.2, 0.25) is 0 Å². The summed E-state index contributed by atoms with van der Waals surface area (Å²) in [6.45, 7) is 2.52. The summed E-state index contributed by atoms with van der Waals surface area (Å²) in [5.74, 6) is -0.621. The summed E-state index contributed by atoms with van der Waals surface area (Å²) in [7, 11) is 1.58. The molecule has 0 saturated carbocycles. The number of fused-ring (bicyclic) bond motifs is 1. The van der Waals surface area contributed by atoms with E-state index in [9.17, 15) is 14.7 Å². The number of methoxy groups -OCH3 is 1. The second kappa shape index (κ2) is 9.79. The fourth-order valence-electron chi connectivity index (χ4n) is 4.11. The number of benzene rings is 2. The van der Waals surface area contributed by atoms with Crippen LogP contribution >= 0.6 is 11.3 Å². The number of nitrogens with zero attached hydrogens (tertiary/aromatic N) is 3. The Morgan fingerprint density at radius 3 is 2.72 bits per heavy atom. The lowest BCUT2D eigenvalue weighted by atomic mass is 9.96. The number of carbonyl (C=O) groups excluding carboxylic acids is 2. The van der Waals surface area contributed by atoms with Crippen molar-refractivity contribution in [2.24, 2.45) is 0 Å². The van der Waals surface area contributed by atoms with Crippen LogP contribution in [0.2, 0.25) is 0 Å². The van der Waals surface area contributed by atoms with Gasteiger partial charge in [0.25, 0.3) is 5.78 Å². The number of aliphatic hydroxyl groups excluding tert-OH is 1. The Balaban J connectivity index is 1.66. The first-order valence-electron chi connectivity index (χ1n) is 11.4. The molecule has 4 aromatic rings. The van der Waals surface area contributed by atoms with Crippen LogP contribution in [-0.2, 0) is 9.59 Å². The Hall–Kier alpha value is -4.24. The second-order valence-corrected chi connectivity index (χ2v) is 9.17. The number of aromatic nitrogens is 2. The molecule has 1 saturated heterocycles. The van der Waals surface area contributed by atoms with Gasteiger partial charge < -0.3 is 14.6 Å². The molecule has 0 spiro atoms. The van der Waals surface area contributed by atoms with Gasteiger partial charge in [0.1, 0.15) is 17.3 Å². The van der Waals surface area contributed by atoms with Crippen molar-refractivity contribution in [3.05, 3.63) is 83.7 Å². The van der Waals surface area contributed by atoms with Crippen molar-refractivity contribution < 1.29 is 24.2 Å². The molecule has 0 aliphatic carbocycles. The molecular formula is C27H23N3O5S. The topological polar surface area (TPSA) is 102 Å². The van der Waals surface area contributed by atoms with Gasteiger partial charge in [-0.2, -0.15) is 0 Å². The van der Waals surface area contributed by atoms with E-state index in [1.165, 1.54) is 16.2 Å². The van der Waals surface area contributed by atoms with E-state index in [1.54, 1.807) is 68.0 Å². The molecule has 1 atom stereocenters. The summed E-state index contributed by atoms with van der Waals surface area (Å²) in [6.07, 6.45) is 4.01. The van der Waals surface area contributed by atoms with Crippen LogP contribution in [0.15, 0.2) is 72.6 Å². The number of anilines is 1. The summed E-state index contributed by atoms with van der Waals surface area (Å²) in [5, 5.41) is 11.7. The molecule has 1 aliphatic heterocycles. The molecule has 9 heteroatoms. The standard InChI is InChI=1S/C27H23N3O5S/c1-3-12-35-19-8-4-6-16(13-19)24(31)22-23(17-7-5-11-28-15-17)30(26(33)25(22)32)27-29-20-10-9-18(34-2)14-21(20)36-27/h4-11,13-15,23,31H,3,12H2,1-2H3/b24-22+. The Bertz CT molecular complexity index is 1480. The molecule has 2 aromatic carbocycles. The van der Waals surface area contributed by atoms with E-state index in [0.29, 0.717) is 39.9 Å². The van der Waals surface area contributed by atoms with Crippen molar-refractivity contribution in [1.82, 2.24) is 9.97 Å². The molecule has 5 rings (SSSR count). The Morgan fingerprint density at radius 1 is 1.11 bits per heavy atom. The first-order valence-corrected chi connectivity index (χ1v) is 12.2. The molecule has 1 amide bonds. The van der Waals surface area contributed by atoms with Crippen LogP contribution in [0.5, 0.6) is 11.5 Å². The van der Waals surface area contributed by atoms with E-state index in [4.69, 9.17) is 9.47 Å². The summed E-state index contributed by atoms with van der Waals surface area (Å²) in [6, 6.07) is 14.8. The van der Waals surface area contributed by atoms with Gasteiger partial charge in [-0.25, -0.2) is 4.98 Å². The number of rotatable bonds is 7. The summed E-state index contributed by atoms with van der Waals surface area (Å²) in [5.41, 5.74) is 1.60. The van der Waals surface area contributed by atoms with Crippen molar-refractivity contribution in [2.75, 3.05) is 18.6 Å². The van der Waals surface area contributed by atoms with Gasteiger partial charge in [0, 0.05) is 18.0 Å². The molecule has 2 aromatic heterocycles. The van der Waals surface area contributed by atoms with E-state index in [2.05, 4.69) is 9.97 Å². The van der Waals surface area contributed by atoms with Crippen LogP contribution in [0, 0.1) is 0 Å². The highest BCUT2D eigenvalue weighted by atomic mass is 32.1. The summed E-state index contributed by atoms with van der Waals surface area (Å²) >= 11 is 1.27. The minimum Gasteiger partial charge on any atom is -0.507 e. The largest absolute Gasteiger partial charge is 0.507 e. The van der Waals surface area contributed by atoms with E-state index in [0.717, 1.165) is 11.1 Å². The quantitative estimate of drug-likeness (QED) is 0.213. The molecule has 1 N–H and O–H groups in total. The van der Waals surface area contributed by atoms with E-state index >= 15 is 0 Å². The number of thiazole rings is 1. The molecule has 1 fully saturated rings. The molecule has 36 heavy (non-hydrogen) atoms. The molecule has 8 nitrogen and oxygen atoms in total. The predicted octanol–water partition coefficient (Wildman–Crippen LogP) is 5.12. The minimum absolute atomic E-state index is 0.0301. The maximum atomic E-state index is 13.4. The van der Waals surface area contributed by atoms with Gasteiger partial charge in [-0.15, -0.1) is 0 Å². The van der Waals surface area contributed by atoms with Gasteiger partial charge >= 0.3 is 5.91 Å². The normalized spacial score (nSPS) is 17.1. The van der Waals surface area contributed by atoms with Crippen molar-refractivity contribution in [3.63, 3.8) is 0 Å². The van der Waals surface area contributed by atoms with Crippen LogP contribution in [0.3, 0.4) is 0 Å². The Labute approximate surface area is 211 Å². The summed E-state index contributed by atoms with van der Waals surface area (Å²) in [4.78, 5) is 36.9. The van der Waals surface area contributed by atoms with Gasteiger partial charge in [-0.3, -0.25) is 19.5 Å². The van der Waals surface area contributed by atoms with Crippen LogP contribution < -0.4 is 14.4 Å². The first kappa shape index (κ1) is 23.5. The third-order valence-corrected chi connectivity index (χ3v) is 6.83. The van der Waals surface area contributed by atoms with Crippen molar-refractivity contribution >= 4 is 44.1 Å². The number of Topliss-reactive ketones (excluding diaryl/α,β-unsaturated/α-hetero) is 1. The highest BCUT2D eigenvalue weighted by Gasteiger charge is 2.48. The maximum absolute atomic E-state index is 13.4. The number of amides is 1. The second-order valence-electron chi connectivity index (χ2n) is 8.16. The smallest absolute Gasteiger partial charge is 0.301 e. The predicted molar refractivity (Wildman–Crippen MR) is 137 cm³/mol. The molecule has 1 aliphatic rings. The van der Waals surface area contributed by atoms with Crippen molar-refractivity contribution in [3.8, 4) is 11.5 Å². The zero-order valence-corrected chi connectivity index (χ0v) is 20.5. The van der Waals surface area contributed by atoms with E-state index in [-0.39, 0.29) is 11.3 Å². The highest BCUT2D eigenvalue weighted by Crippen LogP contribution is 2.44. The Morgan fingerprint density at radius 2 is 1.97 bits per heavy atom. The van der Waals surface area contributed by atoms with Gasteiger partial charge in [-0.1, -0.05) is 36.5 Å². The fourth-order valence-corrected chi connectivity index (χ4v) is 5.14. The van der Waals surface area contributed by atoms with E-state index in [1.807, 2.05) is 13.0 Å². The highest BCUT2D eigenvalue weighted by molar-refractivity contribution is 7.22. The number of hydrogen-bond donors (Lipinski definition) is 1. The average molecular weight is 502 g/mol. The monoisotopic (exact) mass is 501 g/mol. The zero-order chi connectivity index (χ0) is 25.2. The SMILES string of the molecule is CCCOc1cccc(/C(O)=C2\C(=O)C(=O)N(c3nc4ccc(OC)cc4s3)C2c2cccnc2)c1. The first-order chi connectivity index (χ1) is 17.5. The van der Waals surface area contributed by atoms with Crippen molar-refractivity contribution in [1.29, 1.82) is 0 Å². The van der Waals surface area contributed by atoms with Gasteiger partial charge in [0.15, 0.2) is 5.13 Å². The number of hydrogen-bond acceptors (Lipinski definition) is 8. The number of ketones is 1. The van der Waals surface area contributed by atoms with Crippen LogP contribution in [-0.4, -0.2) is 40.5 Å². The number of aliphatic hydroxyl groups is 1. The third-order valence-electron chi connectivity index (χ3n) is 5.82. The van der Waals surface area contributed by atoms with Gasteiger partial charge in [0.05, 0.1) is 35.5 Å². The Kier molecular flexibility index (Phi) is 6.39. The van der Waals surface area contributed by atoms with Crippen molar-refractivity contribution in [2.45, 2.75) is 19.4 Å². The fraction of sp³-hybridized carbons (Fsp3) is 0.185. The minimum atomic E-state index is -0.902. The summed E-state index contributed by atoms with van der Waals surface area (Å²) < 4.78 is 11.8. The van der Waals surface area contributed by atoms with Crippen LogP contribution in [0.4, 0.5) is 5.13 Å². The number of carbonyl (C=O) groups is 2. The molecule has 3 heterocycles. The average Bonchev–Trinajstić information content (AvgIpc) is 3.45.